The van der Waals surface area contributed by atoms with Crippen LogP contribution < -0.4 is 11.1 Å². The van der Waals surface area contributed by atoms with Crippen LogP contribution in [0.15, 0.2) is 24.7 Å². The van der Waals surface area contributed by atoms with Gasteiger partial charge in [0.15, 0.2) is 5.65 Å². The molecule has 3 aromatic heterocycles. The Bertz CT molecular complexity index is 1050. The summed E-state index contributed by atoms with van der Waals surface area (Å²) in [5.74, 6) is 0.766. The predicted octanol–water partition coefficient (Wildman–Crippen LogP) is 2.87. The van der Waals surface area contributed by atoms with Gasteiger partial charge in [-0.3, -0.25) is 4.68 Å². The van der Waals surface area contributed by atoms with Crippen molar-refractivity contribution < 1.29 is 9.53 Å². The molecule has 0 aromatic carbocycles. The molecule has 9 heteroatoms. The van der Waals surface area contributed by atoms with Gasteiger partial charge in [-0.25, -0.2) is 9.78 Å². The fourth-order valence-corrected chi connectivity index (χ4v) is 3.83. The molecule has 0 unspecified atom stereocenters. The van der Waals surface area contributed by atoms with Gasteiger partial charge in [-0.1, -0.05) is 0 Å². The third-order valence-electron chi connectivity index (χ3n) is 5.11. The number of ether oxygens (including phenoxy) is 1. The topological polar surface area (TPSA) is 112 Å². The molecular weight excluding hydrogens is 370 g/mol. The van der Waals surface area contributed by atoms with E-state index in [1.807, 2.05) is 40.1 Å². The number of nitrogens with one attached hydrogen (secondary N) is 1. The first-order chi connectivity index (χ1) is 13.7. The van der Waals surface area contributed by atoms with Gasteiger partial charge >= 0.3 is 6.09 Å². The SMILES string of the molecule is Cn1cc(-c2cnn3c(N)cc([C@@H]4CC[C@H](NC(=O)OC(C)(C)C)C4)nc23)cn1. The smallest absolute Gasteiger partial charge is 0.407 e. The molecule has 2 atom stereocenters. The number of aromatic nitrogens is 5. The summed E-state index contributed by atoms with van der Waals surface area (Å²) in [4.78, 5) is 16.9. The van der Waals surface area contributed by atoms with E-state index in [2.05, 4.69) is 15.5 Å². The number of hydrogen-bond donors (Lipinski definition) is 2. The van der Waals surface area contributed by atoms with Gasteiger partial charge in [0, 0.05) is 48.1 Å². The molecule has 29 heavy (non-hydrogen) atoms. The van der Waals surface area contributed by atoms with Gasteiger partial charge < -0.3 is 15.8 Å². The molecule has 1 aliphatic rings. The zero-order valence-corrected chi connectivity index (χ0v) is 17.2. The van der Waals surface area contributed by atoms with Crippen molar-refractivity contribution in [3.8, 4) is 11.1 Å². The third kappa shape index (κ3) is 4.03. The number of nitrogens with two attached hydrogens (primary N) is 1. The molecule has 3 N–H and O–H groups in total. The lowest BCUT2D eigenvalue weighted by atomic mass is 10.0. The number of carbonyl (C=O) groups excluding carboxylic acids is 1. The molecule has 0 aliphatic heterocycles. The molecule has 0 bridgehead atoms. The summed E-state index contributed by atoms with van der Waals surface area (Å²) in [5.41, 5.74) is 9.24. The Morgan fingerprint density at radius 2 is 2.07 bits per heavy atom. The van der Waals surface area contributed by atoms with Gasteiger partial charge in [0.1, 0.15) is 11.4 Å². The molecule has 1 saturated carbocycles. The summed E-state index contributed by atoms with van der Waals surface area (Å²) in [7, 11) is 1.87. The van der Waals surface area contributed by atoms with Crippen LogP contribution in [0.4, 0.5) is 10.6 Å². The minimum Gasteiger partial charge on any atom is -0.444 e. The number of hydrogen-bond acceptors (Lipinski definition) is 6. The molecule has 9 nitrogen and oxygen atoms in total. The highest BCUT2D eigenvalue weighted by atomic mass is 16.6. The standard InChI is InChI=1S/C20H27N7O2/c1-20(2,3)29-19(28)24-14-6-5-12(7-14)16-8-17(21)27-18(25-16)15(10-23-27)13-9-22-26(4)11-13/h8-12,14H,5-7,21H2,1-4H3,(H,24,28)/t12-,14+/m1/s1. The zero-order valence-electron chi connectivity index (χ0n) is 17.2. The van der Waals surface area contributed by atoms with E-state index in [0.29, 0.717) is 5.82 Å². The Morgan fingerprint density at radius 3 is 2.76 bits per heavy atom. The summed E-state index contributed by atoms with van der Waals surface area (Å²) in [5, 5.41) is 11.6. The van der Waals surface area contributed by atoms with Crippen LogP contribution in [-0.2, 0) is 11.8 Å². The van der Waals surface area contributed by atoms with Crippen LogP contribution in [0.5, 0.6) is 0 Å². The second kappa shape index (κ2) is 7.06. The van der Waals surface area contributed by atoms with Crippen molar-refractivity contribution in [2.24, 2.45) is 7.05 Å². The number of alkyl carbamates (subject to hydrolysis) is 1. The van der Waals surface area contributed by atoms with Crippen molar-refractivity contribution >= 4 is 17.6 Å². The highest BCUT2D eigenvalue weighted by Crippen LogP contribution is 2.35. The number of rotatable bonds is 3. The number of nitrogen functional groups attached to an aromatic ring is 1. The largest absolute Gasteiger partial charge is 0.444 e. The molecule has 154 valence electrons. The number of fused-ring (bicyclic) bond motifs is 1. The summed E-state index contributed by atoms with van der Waals surface area (Å²) < 4.78 is 8.76. The predicted molar refractivity (Wildman–Crippen MR) is 109 cm³/mol. The maximum atomic E-state index is 12.1. The monoisotopic (exact) mass is 397 g/mol. The molecule has 0 radical (unpaired) electrons. The Balaban J connectivity index is 1.55. The van der Waals surface area contributed by atoms with Crippen LogP contribution in [0.25, 0.3) is 16.8 Å². The summed E-state index contributed by atoms with van der Waals surface area (Å²) in [6.45, 7) is 5.58. The molecule has 4 rings (SSSR count). The Labute approximate surface area is 169 Å². The van der Waals surface area contributed by atoms with Crippen molar-refractivity contribution in [3.63, 3.8) is 0 Å². The van der Waals surface area contributed by atoms with Gasteiger partial charge in [0.05, 0.1) is 12.4 Å². The normalized spacial score (nSPS) is 19.6. The summed E-state index contributed by atoms with van der Waals surface area (Å²) in [6.07, 6.45) is 7.72. The molecular formula is C20H27N7O2. The molecule has 3 heterocycles. The van der Waals surface area contributed by atoms with E-state index < -0.39 is 5.60 Å². The highest BCUT2D eigenvalue weighted by molar-refractivity contribution is 5.77. The Hall–Kier alpha value is -3.10. The van der Waals surface area contributed by atoms with E-state index in [-0.39, 0.29) is 18.1 Å². The Kier molecular flexibility index (Phi) is 4.68. The average molecular weight is 397 g/mol. The van der Waals surface area contributed by atoms with Crippen LogP contribution in [-0.4, -0.2) is 42.1 Å². The minimum absolute atomic E-state index is 0.0665. The van der Waals surface area contributed by atoms with Crippen LogP contribution in [0.1, 0.15) is 51.6 Å². The first kappa shape index (κ1) is 19.2. The van der Waals surface area contributed by atoms with Crippen molar-refractivity contribution in [1.29, 1.82) is 0 Å². The van der Waals surface area contributed by atoms with E-state index in [9.17, 15) is 4.79 Å². The van der Waals surface area contributed by atoms with Gasteiger partial charge in [-0.05, 0) is 40.0 Å². The van der Waals surface area contributed by atoms with Gasteiger partial charge in [0.2, 0.25) is 0 Å². The molecule has 3 aromatic rings. The van der Waals surface area contributed by atoms with E-state index in [4.69, 9.17) is 15.5 Å². The first-order valence-corrected chi connectivity index (χ1v) is 9.82. The summed E-state index contributed by atoms with van der Waals surface area (Å²) >= 11 is 0. The Morgan fingerprint density at radius 1 is 1.28 bits per heavy atom. The fourth-order valence-electron chi connectivity index (χ4n) is 3.83. The maximum Gasteiger partial charge on any atom is 0.407 e. The first-order valence-electron chi connectivity index (χ1n) is 9.82. The van der Waals surface area contributed by atoms with E-state index in [1.165, 1.54) is 0 Å². The van der Waals surface area contributed by atoms with Crippen molar-refractivity contribution in [2.45, 2.75) is 57.6 Å². The van der Waals surface area contributed by atoms with Crippen LogP contribution in [0.3, 0.4) is 0 Å². The molecule has 0 saturated heterocycles. The molecule has 1 amide bonds. The van der Waals surface area contributed by atoms with Crippen molar-refractivity contribution in [3.05, 3.63) is 30.4 Å². The van der Waals surface area contributed by atoms with Crippen molar-refractivity contribution in [2.75, 3.05) is 5.73 Å². The van der Waals surface area contributed by atoms with E-state index in [0.717, 1.165) is 41.7 Å². The number of amides is 1. The fraction of sp³-hybridized carbons (Fsp3) is 0.500. The molecule has 1 aliphatic carbocycles. The lowest BCUT2D eigenvalue weighted by Crippen LogP contribution is -2.37. The molecule has 0 spiro atoms. The van der Waals surface area contributed by atoms with Crippen molar-refractivity contribution in [1.82, 2.24) is 29.7 Å². The second-order valence-electron chi connectivity index (χ2n) is 8.66. The van der Waals surface area contributed by atoms with E-state index in [1.54, 1.807) is 21.6 Å². The number of carbonyl (C=O) groups is 1. The van der Waals surface area contributed by atoms with E-state index >= 15 is 0 Å². The number of aryl methyl sites for hydroxylation is 1. The van der Waals surface area contributed by atoms with Gasteiger partial charge in [-0.15, -0.1) is 0 Å². The lowest BCUT2D eigenvalue weighted by molar-refractivity contribution is 0.0505. The minimum atomic E-state index is -0.506. The van der Waals surface area contributed by atoms with Crippen LogP contribution in [0, 0.1) is 0 Å². The summed E-state index contributed by atoms with van der Waals surface area (Å²) in [6, 6.07) is 1.95. The zero-order chi connectivity index (χ0) is 20.8. The number of anilines is 1. The van der Waals surface area contributed by atoms with Crippen LogP contribution >= 0.6 is 0 Å². The maximum absolute atomic E-state index is 12.1. The third-order valence-corrected chi connectivity index (χ3v) is 5.11. The van der Waals surface area contributed by atoms with Gasteiger partial charge in [0.25, 0.3) is 0 Å². The lowest BCUT2D eigenvalue weighted by Gasteiger charge is -2.21. The average Bonchev–Trinajstić information content (AvgIpc) is 3.32. The molecule has 1 fully saturated rings. The second-order valence-corrected chi connectivity index (χ2v) is 8.66. The highest BCUT2D eigenvalue weighted by Gasteiger charge is 2.30. The number of nitrogens with zero attached hydrogens (tertiary/aromatic N) is 5. The van der Waals surface area contributed by atoms with Gasteiger partial charge in [-0.2, -0.15) is 14.7 Å². The van der Waals surface area contributed by atoms with Crippen LogP contribution in [0.2, 0.25) is 0 Å². The quantitative estimate of drug-likeness (QED) is 0.703.